The van der Waals surface area contributed by atoms with Gasteiger partial charge in [-0.05, 0) is 18.6 Å². The predicted molar refractivity (Wildman–Crippen MR) is 79.2 cm³/mol. The van der Waals surface area contributed by atoms with E-state index in [4.69, 9.17) is 0 Å². The number of amides is 1. The van der Waals surface area contributed by atoms with Gasteiger partial charge in [-0.25, -0.2) is 9.97 Å². The lowest BCUT2D eigenvalue weighted by atomic mass is 10.1. The zero-order valence-electron chi connectivity index (χ0n) is 11.1. The van der Waals surface area contributed by atoms with Crippen molar-refractivity contribution < 1.29 is 9.72 Å². The van der Waals surface area contributed by atoms with Crippen molar-refractivity contribution in [3.05, 3.63) is 52.3 Å². The van der Waals surface area contributed by atoms with E-state index in [1.165, 1.54) is 6.07 Å². The van der Waals surface area contributed by atoms with Crippen molar-refractivity contribution in [3.8, 4) is 0 Å². The molecule has 108 valence electrons. The number of nitrogens with one attached hydrogen (secondary N) is 1. The normalized spacial score (nSPS) is 10.1. The Hall–Kier alpha value is -2.48. The van der Waals surface area contributed by atoms with Crippen LogP contribution in [-0.4, -0.2) is 26.6 Å². The SMILES string of the molecule is Cc1cccc([N+](=O)[O-])c1NC(=O)CSc1ncccn1. The Morgan fingerprint density at radius 1 is 1.33 bits per heavy atom. The molecule has 0 unspecified atom stereocenters. The summed E-state index contributed by atoms with van der Waals surface area (Å²) in [4.78, 5) is 30.3. The number of aryl methyl sites for hydroxylation is 1. The van der Waals surface area contributed by atoms with Crippen molar-refractivity contribution in [2.75, 3.05) is 11.1 Å². The van der Waals surface area contributed by atoms with Crippen molar-refractivity contribution in [1.82, 2.24) is 9.97 Å². The van der Waals surface area contributed by atoms with Crippen LogP contribution in [0.2, 0.25) is 0 Å². The summed E-state index contributed by atoms with van der Waals surface area (Å²) in [5, 5.41) is 14.0. The Balaban J connectivity index is 2.05. The van der Waals surface area contributed by atoms with E-state index in [0.29, 0.717) is 10.7 Å². The number of hydrogen-bond acceptors (Lipinski definition) is 6. The van der Waals surface area contributed by atoms with E-state index >= 15 is 0 Å². The van der Waals surface area contributed by atoms with Crippen molar-refractivity contribution in [1.29, 1.82) is 0 Å². The Kier molecular flexibility index (Phi) is 4.83. The number of aromatic nitrogens is 2. The van der Waals surface area contributed by atoms with Crippen LogP contribution in [-0.2, 0) is 4.79 Å². The fraction of sp³-hybridized carbons (Fsp3) is 0.154. The first-order valence-corrected chi connectivity index (χ1v) is 7.00. The molecule has 1 N–H and O–H groups in total. The van der Waals surface area contributed by atoms with Crippen LogP contribution in [0.5, 0.6) is 0 Å². The fourth-order valence-electron chi connectivity index (χ4n) is 1.63. The molecule has 7 nitrogen and oxygen atoms in total. The number of carbonyl (C=O) groups is 1. The van der Waals surface area contributed by atoms with Crippen LogP contribution in [0.25, 0.3) is 0 Å². The number of nitrogens with zero attached hydrogens (tertiary/aromatic N) is 3. The Bertz CT molecular complexity index is 664. The summed E-state index contributed by atoms with van der Waals surface area (Å²) in [6, 6.07) is 6.32. The van der Waals surface area contributed by atoms with Crippen LogP contribution in [0.15, 0.2) is 41.8 Å². The molecule has 21 heavy (non-hydrogen) atoms. The lowest BCUT2D eigenvalue weighted by Crippen LogP contribution is -2.16. The summed E-state index contributed by atoms with van der Waals surface area (Å²) in [6.07, 6.45) is 3.17. The van der Waals surface area contributed by atoms with E-state index in [-0.39, 0.29) is 23.0 Å². The van der Waals surface area contributed by atoms with Gasteiger partial charge in [0.2, 0.25) is 5.91 Å². The van der Waals surface area contributed by atoms with Gasteiger partial charge in [0.05, 0.1) is 10.7 Å². The number of para-hydroxylation sites is 1. The molecule has 0 saturated heterocycles. The molecule has 0 aliphatic rings. The number of rotatable bonds is 5. The lowest BCUT2D eigenvalue weighted by Gasteiger charge is -2.08. The molecule has 1 aromatic carbocycles. The van der Waals surface area contributed by atoms with Gasteiger partial charge in [0.25, 0.3) is 5.69 Å². The van der Waals surface area contributed by atoms with Crippen LogP contribution >= 0.6 is 11.8 Å². The average Bonchev–Trinajstić information content (AvgIpc) is 2.48. The molecule has 2 rings (SSSR count). The van der Waals surface area contributed by atoms with Gasteiger partial charge in [-0.15, -0.1) is 0 Å². The molecule has 0 bridgehead atoms. The third-order valence-electron chi connectivity index (χ3n) is 2.59. The first kappa shape index (κ1) is 14.9. The second-order valence-corrected chi connectivity index (χ2v) is 5.04. The number of benzene rings is 1. The van der Waals surface area contributed by atoms with E-state index in [1.807, 2.05) is 0 Å². The van der Waals surface area contributed by atoms with Gasteiger partial charge in [-0.1, -0.05) is 23.9 Å². The van der Waals surface area contributed by atoms with Gasteiger partial charge in [0.1, 0.15) is 5.69 Å². The molecule has 2 aromatic rings. The number of nitro benzene ring substituents is 1. The van der Waals surface area contributed by atoms with Gasteiger partial charge in [0, 0.05) is 18.5 Å². The van der Waals surface area contributed by atoms with Crippen LogP contribution in [0.4, 0.5) is 11.4 Å². The molecule has 1 aromatic heterocycles. The molecule has 0 fully saturated rings. The first-order chi connectivity index (χ1) is 10.1. The van der Waals surface area contributed by atoms with E-state index in [2.05, 4.69) is 15.3 Å². The molecule has 0 atom stereocenters. The summed E-state index contributed by atoms with van der Waals surface area (Å²) in [5.74, 6) is -0.264. The molecule has 0 aliphatic carbocycles. The Morgan fingerprint density at radius 3 is 2.71 bits per heavy atom. The summed E-state index contributed by atoms with van der Waals surface area (Å²) >= 11 is 1.16. The van der Waals surface area contributed by atoms with E-state index in [9.17, 15) is 14.9 Å². The number of thioether (sulfide) groups is 1. The highest BCUT2D eigenvalue weighted by Gasteiger charge is 2.17. The summed E-state index contributed by atoms with van der Waals surface area (Å²) in [6.45, 7) is 1.70. The summed E-state index contributed by atoms with van der Waals surface area (Å²) in [7, 11) is 0. The molecule has 0 spiro atoms. The minimum atomic E-state index is -0.518. The molecule has 1 amide bonds. The van der Waals surface area contributed by atoms with Gasteiger partial charge < -0.3 is 5.32 Å². The van der Waals surface area contributed by atoms with Gasteiger partial charge in [-0.2, -0.15) is 0 Å². The first-order valence-electron chi connectivity index (χ1n) is 6.01. The smallest absolute Gasteiger partial charge is 0.293 e. The second kappa shape index (κ2) is 6.80. The van der Waals surface area contributed by atoms with E-state index in [0.717, 1.165) is 11.8 Å². The standard InChI is InChI=1S/C13H12N4O3S/c1-9-4-2-5-10(17(19)20)12(9)16-11(18)8-21-13-14-6-3-7-15-13/h2-7H,8H2,1H3,(H,16,18). The zero-order chi connectivity index (χ0) is 15.2. The highest BCUT2D eigenvalue weighted by molar-refractivity contribution is 7.99. The van der Waals surface area contributed by atoms with E-state index in [1.54, 1.807) is 37.5 Å². The molecule has 0 saturated carbocycles. The fourth-order valence-corrected chi connectivity index (χ4v) is 2.24. The molecular formula is C13H12N4O3S. The largest absolute Gasteiger partial charge is 0.319 e. The Morgan fingerprint density at radius 2 is 2.05 bits per heavy atom. The third-order valence-corrected chi connectivity index (χ3v) is 3.46. The van der Waals surface area contributed by atoms with Crippen LogP contribution < -0.4 is 5.32 Å². The third kappa shape index (κ3) is 3.99. The Labute approximate surface area is 125 Å². The maximum Gasteiger partial charge on any atom is 0.293 e. The number of anilines is 1. The highest BCUT2D eigenvalue weighted by atomic mass is 32.2. The van der Waals surface area contributed by atoms with Gasteiger partial charge in [0.15, 0.2) is 5.16 Å². The maximum absolute atomic E-state index is 11.9. The minimum absolute atomic E-state index is 0.0789. The van der Waals surface area contributed by atoms with E-state index < -0.39 is 4.92 Å². The number of carbonyl (C=O) groups excluding carboxylic acids is 1. The van der Waals surface area contributed by atoms with Crippen molar-refractivity contribution in [2.45, 2.75) is 12.1 Å². The number of hydrogen-bond donors (Lipinski definition) is 1. The molecule has 8 heteroatoms. The molecule has 1 heterocycles. The van der Waals surface area contributed by atoms with Crippen LogP contribution in [0, 0.1) is 17.0 Å². The highest BCUT2D eigenvalue weighted by Crippen LogP contribution is 2.27. The molecule has 0 aliphatic heterocycles. The summed E-state index contributed by atoms with van der Waals surface area (Å²) < 4.78 is 0. The topological polar surface area (TPSA) is 98.0 Å². The van der Waals surface area contributed by atoms with Gasteiger partial charge >= 0.3 is 0 Å². The minimum Gasteiger partial charge on any atom is -0.319 e. The predicted octanol–water partition coefficient (Wildman–Crippen LogP) is 2.42. The van der Waals surface area contributed by atoms with Crippen LogP contribution in [0.3, 0.4) is 0 Å². The maximum atomic E-state index is 11.9. The lowest BCUT2D eigenvalue weighted by molar-refractivity contribution is -0.384. The van der Waals surface area contributed by atoms with Crippen molar-refractivity contribution in [3.63, 3.8) is 0 Å². The monoisotopic (exact) mass is 304 g/mol. The molecule has 0 radical (unpaired) electrons. The summed E-state index contributed by atoms with van der Waals surface area (Å²) in [5.41, 5.74) is 0.741. The van der Waals surface area contributed by atoms with Crippen LogP contribution in [0.1, 0.15) is 5.56 Å². The average molecular weight is 304 g/mol. The zero-order valence-corrected chi connectivity index (χ0v) is 12.0. The van der Waals surface area contributed by atoms with Crippen molar-refractivity contribution >= 4 is 29.0 Å². The number of nitro groups is 1. The van der Waals surface area contributed by atoms with Gasteiger partial charge in [-0.3, -0.25) is 14.9 Å². The molecular weight excluding hydrogens is 292 g/mol. The second-order valence-electron chi connectivity index (χ2n) is 4.09. The quantitative estimate of drug-likeness (QED) is 0.394. The van der Waals surface area contributed by atoms with Crippen molar-refractivity contribution in [2.24, 2.45) is 0 Å².